The van der Waals surface area contributed by atoms with Gasteiger partial charge in [0.1, 0.15) is 5.75 Å². The van der Waals surface area contributed by atoms with Crippen molar-refractivity contribution in [2.45, 2.75) is 25.8 Å². The van der Waals surface area contributed by atoms with Gasteiger partial charge in [0.15, 0.2) is 0 Å². The summed E-state index contributed by atoms with van der Waals surface area (Å²) in [5.41, 5.74) is 1.29. The number of nitrogens with one attached hydrogen (secondary N) is 1. The molecule has 0 spiro atoms. The van der Waals surface area contributed by atoms with Crippen molar-refractivity contribution in [3.05, 3.63) is 29.8 Å². The minimum atomic E-state index is 0.377. The zero-order chi connectivity index (χ0) is 13.7. The molecule has 1 aromatic rings. The maximum Gasteiger partial charge on any atom is 0.119 e. The Morgan fingerprint density at radius 3 is 3.05 bits per heavy atom. The number of piperidine rings is 1. The normalized spacial score (nSPS) is 22.2. The summed E-state index contributed by atoms with van der Waals surface area (Å²) in [6.45, 7) is 5.80. The second-order valence-corrected chi connectivity index (χ2v) is 5.68. The van der Waals surface area contributed by atoms with E-state index in [2.05, 4.69) is 42.4 Å². The van der Waals surface area contributed by atoms with E-state index in [9.17, 15) is 0 Å². The third-order valence-electron chi connectivity index (χ3n) is 4.03. The standard InChI is InChI=1S/C16H26N2O/c1-13(15-7-4-8-16(10-15)19-3)17-11-14-6-5-9-18(2)12-14/h4,7-8,10,13-14,17H,5-6,9,11-12H2,1-3H3. The molecule has 1 aliphatic heterocycles. The summed E-state index contributed by atoms with van der Waals surface area (Å²) in [4.78, 5) is 2.44. The molecule has 3 nitrogen and oxygen atoms in total. The van der Waals surface area contributed by atoms with Crippen molar-refractivity contribution in [3.8, 4) is 5.75 Å². The van der Waals surface area contributed by atoms with Gasteiger partial charge in [-0.15, -0.1) is 0 Å². The molecule has 19 heavy (non-hydrogen) atoms. The van der Waals surface area contributed by atoms with Crippen LogP contribution in [0.1, 0.15) is 31.4 Å². The van der Waals surface area contributed by atoms with E-state index in [1.807, 2.05) is 6.07 Å². The molecule has 2 atom stereocenters. The van der Waals surface area contributed by atoms with E-state index in [1.54, 1.807) is 7.11 Å². The minimum absolute atomic E-state index is 0.377. The molecular weight excluding hydrogens is 236 g/mol. The van der Waals surface area contributed by atoms with Crippen LogP contribution in [-0.4, -0.2) is 38.7 Å². The predicted octanol–water partition coefficient (Wildman–Crippen LogP) is 2.69. The van der Waals surface area contributed by atoms with Gasteiger partial charge in [-0.3, -0.25) is 0 Å². The largest absolute Gasteiger partial charge is 0.497 e. The number of ether oxygens (including phenoxy) is 1. The Morgan fingerprint density at radius 2 is 2.32 bits per heavy atom. The molecule has 2 rings (SSSR count). The van der Waals surface area contributed by atoms with Crippen molar-refractivity contribution in [3.63, 3.8) is 0 Å². The lowest BCUT2D eigenvalue weighted by Crippen LogP contribution is -2.37. The van der Waals surface area contributed by atoms with Crippen LogP contribution in [0.3, 0.4) is 0 Å². The smallest absolute Gasteiger partial charge is 0.119 e. The van der Waals surface area contributed by atoms with E-state index in [1.165, 1.54) is 31.5 Å². The average Bonchev–Trinajstić information content (AvgIpc) is 2.45. The maximum atomic E-state index is 5.28. The van der Waals surface area contributed by atoms with Crippen LogP contribution in [0.4, 0.5) is 0 Å². The molecule has 1 aliphatic rings. The lowest BCUT2D eigenvalue weighted by molar-refractivity contribution is 0.203. The Balaban J connectivity index is 1.84. The second-order valence-electron chi connectivity index (χ2n) is 5.68. The van der Waals surface area contributed by atoms with E-state index in [4.69, 9.17) is 4.74 Å². The first-order valence-electron chi connectivity index (χ1n) is 7.25. The zero-order valence-electron chi connectivity index (χ0n) is 12.4. The summed E-state index contributed by atoms with van der Waals surface area (Å²) in [6, 6.07) is 8.70. The first-order valence-corrected chi connectivity index (χ1v) is 7.25. The van der Waals surface area contributed by atoms with E-state index >= 15 is 0 Å². The molecule has 3 heteroatoms. The SMILES string of the molecule is COc1cccc(C(C)NCC2CCCN(C)C2)c1. The quantitative estimate of drug-likeness (QED) is 0.883. The second kappa shape index (κ2) is 6.92. The highest BCUT2D eigenvalue weighted by molar-refractivity contribution is 5.30. The van der Waals surface area contributed by atoms with Crippen LogP contribution in [0.25, 0.3) is 0 Å². The van der Waals surface area contributed by atoms with Crippen LogP contribution in [0.2, 0.25) is 0 Å². The summed E-state index contributed by atoms with van der Waals surface area (Å²) in [7, 11) is 3.94. The molecule has 0 bridgehead atoms. The molecule has 0 amide bonds. The van der Waals surface area contributed by atoms with Gasteiger partial charge in [0.2, 0.25) is 0 Å². The van der Waals surface area contributed by atoms with Crippen LogP contribution in [-0.2, 0) is 0 Å². The number of benzene rings is 1. The van der Waals surface area contributed by atoms with Crippen molar-refractivity contribution in [2.24, 2.45) is 5.92 Å². The maximum absolute atomic E-state index is 5.28. The van der Waals surface area contributed by atoms with Crippen LogP contribution < -0.4 is 10.1 Å². The fraction of sp³-hybridized carbons (Fsp3) is 0.625. The molecule has 0 radical (unpaired) electrons. The number of likely N-dealkylation sites (tertiary alicyclic amines) is 1. The number of nitrogens with zero attached hydrogens (tertiary/aromatic N) is 1. The molecule has 0 aliphatic carbocycles. The highest BCUT2D eigenvalue weighted by atomic mass is 16.5. The van der Waals surface area contributed by atoms with Gasteiger partial charge in [0, 0.05) is 12.6 Å². The van der Waals surface area contributed by atoms with Crippen LogP contribution in [0.15, 0.2) is 24.3 Å². The van der Waals surface area contributed by atoms with Crippen molar-refractivity contribution >= 4 is 0 Å². The minimum Gasteiger partial charge on any atom is -0.497 e. The van der Waals surface area contributed by atoms with Gasteiger partial charge in [-0.05, 0) is 63.5 Å². The first-order chi connectivity index (χ1) is 9.19. The Labute approximate surface area is 116 Å². The fourth-order valence-corrected chi connectivity index (χ4v) is 2.81. The van der Waals surface area contributed by atoms with Crippen molar-refractivity contribution in [1.82, 2.24) is 10.2 Å². The van der Waals surface area contributed by atoms with E-state index < -0.39 is 0 Å². The summed E-state index contributed by atoms with van der Waals surface area (Å²) < 4.78 is 5.28. The lowest BCUT2D eigenvalue weighted by atomic mass is 9.97. The van der Waals surface area contributed by atoms with Crippen molar-refractivity contribution < 1.29 is 4.74 Å². The zero-order valence-corrected chi connectivity index (χ0v) is 12.4. The van der Waals surface area contributed by atoms with E-state index in [-0.39, 0.29) is 0 Å². The van der Waals surface area contributed by atoms with Crippen LogP contribution in [0, 0.1) is 5.92 Å². The Hall–Kier alpha value is -1.06. The van der Waals surface area contributed by atoms with Gasteiger partial charge >= 0.3 is 0 Å². The highest BCUT2D eigenvalue weighted by Gasteiger charge is 2.17. The molecule has 1 saturated heterocycles. The highest BCUT2D eigenvalue weighted by Crippen LogP contribution is 2.20. The topological polar surface area (TPSA) is 24.5 Å². The number of methoxy groups -OCH3 is 1. The van der Waals surface area contributed by atoms with Gasteiger partial charge < -0.3 is 15.0 Å². The first kappa shape index (κ1) is 14.4. The molecule has 2 unspecified atom stereocenters. The van der Waals surface area contributed by atoms with Gasteiger partial charge in [-0.1, -0.05) is 12.1 Å². The molecular formula is C16H26N2O. The van der Waals surface area contributed by atoms with Gasteiger partial charge in [0.25, 0.3) is 0 Å². The molecule has 0 saturated carbocycles. The van der Waals surface area contributed by atoms with Crippen LogP contribution >= 0.6 is 0 Å². The third-order valence-corrected chi connectivity index (χ3v) is 4.03. The van der Waals surface area contributed by atoms with E-state index in [0.29, 0.717) is 6.04 Å². The van der Waals surface area contributed by atoms with Gasteiger partial charge in [-0.2, -0.15) is 0 Å². The Kier molecular flexibility index (Phi) is 5.23. The predicted molar refractivity (Wildman–Crippen MR) is 79.6 cm³/mol. The van der Waals surface area contributed by atoms with E-state index in [0.717, 1.165) is 18.2 Å². The number of hydrogen-bond donors (Lipinski definition) is 1. The molecule has 106 valence electrons. The summed E-state index contributed by atoms with van der Waals surface area (Å²) >= 11 is 0. The monoisotopic (exact) mass is 262 g/mol. The molecule has 1 heterocycles. The molecule has 1 N–H and O–H groups in total. The van der Waals surface area contributed by atoms with Crippen molar-refractivity contribution in [2.75, 3.05) is 33.8 Å². The van der Waals surface area contributed by atoms with Gasteiger partial charge in [0.05, 0.1) is 7.11 Å². The molecule has 1 aromatic carbocycles. The summed E-state index contributed by atoms with van der Waals surface area (Å²) in [6.07, 6.45) is 2.68. The number of rotatable bonds is 5. The fourth-order valence-electron chi connectivity index (χ4n) is 2.81. The molecule has 1 fully saturated rings. The Morgan fingerprint density at radius 1 is 1.47 bits per heavy atom. The average molecular weight is 262 g/mol. The van der Waals surface area contributed by atoms with Gasteiger partial charge in [-0.25, -0.2) is 0 Å². The van der Waals surface area contributed by atoms with Crippen LogP contribution in [0.5, 0.6) is 5.75 Å². The summed E-state index contributed by atoms with van der Waals surface area (Å²) in [5, 5.41) is 3.66. The lowest BCUT2D eigenvalue weighted by Gasteiger charge is -2.30. The Bertz CT molecular complexity index is 394. The molecule has 0 aromatic heterocycles. The third kappa shape index (κ3) is 4.22. The number of hydrogen-bond acceptors (Lipinski definition) is 3. The summed E-state index contributed by atoms with van der Waals surface area (Å²) in [5.74, 6) is 1.72. The van der Waals surface area contributed by atoms with Crippen molar-refractivity contribution in [1.29, 1.82) is 0 Å².